The van der Waals surface area contributed by atoms with Crippen molar-refractivity contribution in [3.63, 3.8) is 0 Å². The molecule has 1 aliphatic rings. The predicted molar refractivity (Wildman–Crippen MR) is 94.5 cm³/mol. The number of anilines is 2. The predicted octanol–water partition coefficient (Wildman–Crippen LogP) is 2.89. The van der Waals surface area contributed by atoms with Gasteiger partial charge >= 0.3 is 0 Å². The molecule has 1 aliphatic heterocycles. The van der Waals surface area contributed by atoms with E-state index in [4.69, 9.17) is 8.94 Å². The lowest BCUT2D eigenvalue weighted by Gasteiger charge is -2.31. The van der Waals surface area contributed by atoms with Crippen LogP contribution in [0.3, 0.4) is 0 Å². The zero-order valence-corrected chi connectivity index (χ0v) is 14.4. The van der Waals surface area contributed by atoms with Crippen LogP contribution in [0.25, 0.3) is 11.5 Å². The summed E-state index contributed by atoms with van der Waals surface area (Å²) in [6, 6.07) is 9.21. The Morgan fingerprint density at radius 3 is 2.69 bits per heavy atom. The van der Waals surface area contributed by atoms with Crippen LogP contribution in [0.5, 0.6) is 0 Å². The molecule has 3 aromatic rings. The highest BCUT2D eigenvalue weighted by atomic mass is 16.5. The fraction of sp³-hybridized carbons (Fsp3) is 0.333. The quantitative estimate of drug-likeness (QED) is 0.770. The van der Waals surface area contributed by atoms with Gasteiger partial charge < -0.3 is 19.2 Å². The number of rotatable bonds is 4. The number of carbonyl (C=O) groups excluding carboxylic acids is 1. The fourth-order valence-corrected chi connectivity index (χ4v) is 3.07. The van der Waals surface area contributed by atoms with Gasteiger partial charge in [-0.15, -0.1) is 10.2 Å². The van der Waals surface area contributed by atoms with E-state index in [2.05, 4.69) is 25.6 Å². The van der Waals surface area contributed by atoms with Crippen molar-refractivity contribution in [2.75, 3.05) is 23.3 Å². The first-order valence-electron chi connectivity index (χ1n) is 8.56. The van der Waals surface area contributed by atoms with Crippen molar-refractivity contribution in [3.8, 4) is 11.5 Å². The van der Waals surface area contributed by atoms with Gasteiger partial charge in [0, 0.05) is 25.1 Å². The van der Waals surface area contributed by atoms with E-state index in [1.54, 1.807) is 19.3 Å². The van der Waals surface area contributed by atoms with E-state index in [1.807, 2.05) is 24.3 Å². The van der Waals surface area contributed by atoms with Crippen molar-refractivity contribution in [1.82, 2.24) is 15.4 Å². The Morgan fingerprint density at radius 1 is 1.23 bits per heavy atom. The van der Waals surface area contributed by atoms with Crippen LogP contribution in [0, 0.1) is 12.8 Å². The number of aromatic nitrogens is 3. The molecule has 4 rings (SSSR count). The molecule has 26 heavy (non-hydrogen) atoms. The smallest absolute Gasteiger partial charge is 0.228 e. The van der Waals surface area contributed by atoms with Crippen LogP contribution in [0.15, 0.2) is 45.5 Å². The van der Waals surface area contributed by atoms with Crippen LogP contribution in [0.2, 0.25) is 0 Å². The summed E-state index contributed by atoms with van der Waals surface area (Å²) in [6.07, 6.45) is 3.12. The first kappa shape index (κ1) is 16.3. The lowest BCUT2D eigenvalue weighted by molar-refractivity contribution is -0.120. The summed E-state index contributed by atoms with van der Waals surface area (Å²) in [4.78, 5) is 14.5. The van der Waals surface area contributed by atoms with E-state index < -0.39 is 0 Å². The van der Waals surface area contributed by atoms with Crippen molar-refractivity contribution < 1.29 is 13.7 Å². The zero-order valence-electron chi connectivity index (χ0n) is 14.4. The van der Waals surface area contributed by atoms with Crippen LogP contribution >= 0.6 is 0 Å². The number of piperidine rings is 1. The maximum absolute atomic E-state index is 12.3. The Morgan fingerprint density at radius 2 is 2.08 bits per heavy atom. The molecule has 1 amide bonds. The molecule has 4 heterocycles. The molecular formula is C18H19N5O3. The van der Waals surface area contributed by atoms with Gasteiger partial charge in [0.05, 0.1) is 6.26 Å². The number of carbonyl (C=O) groups is 1. The molecule has 0 bridgehead atoms. The topological polar surface area (TPSA) is 97.3 Å². The molecule has 0 radical (unpaired) electrons. The second-order valence-corrected chi connectivity index (χ2v) is 6.33. The number of aryl methyl sites for hydroxylation is 1. The molecule has 0 spiro atoms. The van der Waals surface area contributed by atoms with E-state index in [-0.39, 0.29) is 11.8 Å². The first-order chi connectivity index (χ1) is 12.7. The molecule has 1 N–H and O–H groups in total. The van der Waals surface area contributed by atoms with Crippen molar-refractivity contribution in [2.45, 2.75) is 19.8 Å². The van der Waals surface area contributed by atoms with Gasteiger partial charge in [-0.1, -0.05) is 5.16 Å². The summed E-state index contributed by atoms with van der Waals surface area (Å²) < 4.78 is 10.3. The standard InChI is InChI=1S/C18H19N5O3/c1-12-11-16(22-26-12)19-18(24)13-6-8-23(9-7-13)17-5-4-14(20-21-17)15-3-2-10-25-15/h2-5,10-11,13H,6-9H2,1H3,(H,19,22,24). The van der Waals surface area contributed by atoms with Crippen LogP contribution in [0.4, 0.5) is 11.6 Å². The minimum atomic E-state index is -0.0430. The number of nitrogens with one attached hydrogen (secondary N) is 1. The maximum Gasteiger partial charge on any atom is 0.228 e. The summed E-state index contributed by atoms with van der Waals surface area (Å²) >= 11 is 0. The number of hydrogen-bond donors (Lipinski definition) is 1. The summed E-state index contributed by atoms with van der Waals surface area (Å²) in [5.41, 5.74) is 0.705. The van der Waals surface area contributed by atoms with Gasteiger partial charge in [-0.05, 0) is 44.0 Å². The van der Waals surface area contributed by atoms with E-state index in [1.165, 1.54) is 0 Å². The summed E-state index contributed by atoms with van der Waals surface area (Å²) in [5, 5.41) is 15.1. The molecule has 0 atom stereocenters. The molecule has 3 aromatic heterocycles. The molecule has 0 unspecified atom stereocenters. The fourth-order valence-electron chi connectivity index (χ4n) is 3.07. The highest BCUT2D eigenvalue weighted by Crippen LogP contribution is 2.24. The van der Waals surface area contributed by atoms with E-state index in [0.717, 1.165) is 31.7 Å². The van der Waals surface area contributed by atoms with Crippen LogP contribution in [0.1, 0.15) is 18.6 Å². The molecule has 1 fully saturated rings. The van der Waals surface area contributed by atoms with Crippen molar-refractivity contribution in [3.05, 3.63) is 42.4 Å². The Labute approximate surface area is 150 Å². The molecular weight excluding hydrogens is 334 g/mol. The molecule has 8 heteroatoms. The van der Waals surface area contributed by atoms with Gasteiger partial charge in [0.2, 0.25) is 5.91 Å². The number of amides is 1. The second kappa shape index (κ2) is 6.99. The minimum Gasteiger partial charge on any atom is -0.463 e. The van der Waals surface area contributed by atoms with Crippen LogP contribution in [-0.2, 0) is 4.79 Å². The Kier molecular flexibility index (Phi) is 4.39. The van der Waals surface area contributed by atoms with Crippen LogP contribution < -0.4 is 10.2 Å². The number of nitrogens with zero attached hydrogens (tertiary/aromatic N) is 4. The molecule has 1 saturated heterocycles. The highest BCUT2D eigenvalue weighted by molar-refractivity contribution is 5.91. The second-order valence-electron chi connectivity index (χ2n) is 6.33. The summed E-state index contributed by atoms with van der Waals surface area (Å²) in [5.74, 6) is 2.59. The largest absolute Gasteiger partial charge is 0.463 e. The molecule has 0 aliphatic carbocycles. The van der Waals surface area contributed by atoms with Gasteiger partial charge in [0.15, 0.2) is 17.4 Å². The Balaban J connectivity index is 1.33. The van der Waals surface area contributed by atoms with Gasteiger partial charge in [0.25, 0.3) is 0 Å². The van der Waals surface area contributed by atoms with E-state index in [0.29, 0.717) is 23.0 Å². The maximum atomic E-state index is 12.3. The van der Waals surface area contributed by atoms with E-state index >= 15 is 0 Å². The lowest BCUT2D eigenvalue weighted by Crippen LogP contribution is -2.38. The normalized spacial score (nSPS) is 15.2. The van der Waals surface area contributed by atoms with Crippen molar-refractivity contribution >= 4 is 17.5 Å². The third-order valence-electron chi connectivity index (χ3n) is 4.49. The molecule has 0 aromatic carbocycles. The molecule has 134 valence electrons. The van der Waals surface area contributed by atoms with Gasteiger partial charge in [-0.25, -0.2) is 0 Å². The minimum absolute atomic E-state index is 0.0165. The molecule has 8 nitrogen and oxygen atoms in total. The Bertz CT molecular complexity index is 865. The summed E-state index contributed by atoms with van der Waals surface area (Å²) in [7, 11) is 0. The van der Waals surface area contributed by atoms with Crippen molar-refractivity contribution in [2.24, 2.45) is 5.92 Å². The van der Waals surface area contributed by atoms with Gasteiger partial charge in [-0.3, -0.25) is 4.79 Å². The SMILES string of the molecule is Cc1cc(NC(=O)C2CCN(c3ccc(-c4ccco4)nn3)CC2)no1. The van der Waals surface area contributed by atoms with Crippen LogP contribution in [-0.4, -0.2) is 34.4 Å². The summed E-state index contributed by atoms with van der Waals surface area (Å²) in [6.45, 7) is 3.30. The first-order valence-corrected chi connectivity index (χ1v) is 8.56. The number of hydrogen-bond acceptors (Lipinski definition) is 7. The van der Waals surface area contributed by atoms with Gasteiger partial charge in [-0.2, -0.15) is 0 Å². The zero-order chi connectivity index (χ0) is 17.9. The highest BCUT2D eigenvalue weighted by Gasteiger charge is 2.26. The third-order valence-corrected chi connectivity index (χ3v) is 4.49. The average molecular weight is 353 g/mol. The average Bonchev–Trinajstić information content (AvgIpc) is 3.34. The lowest BCUT2D eigenvalue weighted by atomic mass is 9.96. The Hall–Kier alpha value is -3.16. The van der Waals surface area contributed by atoms with Crippen molar-refractivity contribution in [1.29, 1.82) is 0 Å². The monoisotopic (exact) mass is 353 g/mol. The third kappa shape index (κ3) is 3.44. The number of furan rings is 1. The van der Waals surface area contributed by atoms with E-state index in [9.17, 15) is 4.79 Å². The van der Waals surface area contributed by atoms with Gasteiger partial charge in [0.1, 0.15) is 11.5 Å². The molecule has 0 saturated carbocycles.